The smallest absolute Gasteiger partial charge is 0.335 e. The van der Waals surface area contributed by atoms with Gasteiger partial charge in [-0.25, -0.2) is 9.18 Å². The summed E-state index contributed by atoms with van der Waals surface area (Å²) in [5.41, 5.74) is 4.83. The van der Waals surface area contributed by atoms with E-state index in [1.807, 2.05) is 0 Å². The minimum Gasteiger partial charge on any atom is -0.478 e. The number of primary amides is 1. The van der Waals surface area contributed by atoms with Gasteiger partial charge in [0.05, 0.1) is 11.1 Å². The molecule has 2 amide bonds. The van der Waals surface area contributed by atoms with Crippen LogP contribution in [0.4, 0.5) is 4.39 Å². The lowest BCUT2D eigenvalue weighted by atomic mass is 9.95. The largest absolute Gasteiger partial charge is 0.478 e. The van der Waals surface area contributed by atoms with Crippen molar-refractivity contribution in [3.05, 3.63) is 35.1 Å². The van der Waals surface area contributed by atoms with Gasteiger partial charge >= 0.3 is 5.97 Å². The molecule has 0 unspecified atom stereocenters. The molecule has 0 aliphatic carbocycles. The van der Waals surface area contributed by atoms with Crippen LogP contribution in [-0.4, -0.2) is 40.9 Å². The van der Waals surface area contributed by atoms with E-state index in [-0.39, 0.29) is 23.0 Å². The van der Waals surface area contributed by atoms with Crippen molar-refractivity contribution in [3.63, 3.8) is 0 Å². The van der Waals surface area contributed by atoms with Crippen molar-refractivity contribution in [2.24, 2.45) is 11.7 Å². The van der Waals surface area contributed by atoms with Gasteiger partial charge in [-0.3, -0.25) is 9.59 Å². The van der Waals surface area contributed by atoms with Crippen molar-refractivity contribution in [3.8, 4) is 0 Å². The molecule has 1 aromatic rings. The number of carboxylic acid groups (broad SMARTS) is 1. The fourth-order valence-corrected chi connectivity index (χ4v) is 2.36. The first kappa shape index (κ1) is 15.0. The van der Waals surface area contributed by atoms with Crippen LogP contribution in [-0.2, 0) is 4.79 Å². The third kappa shape index (κ3) is 3.18. The SMILES string of the molecule is NC(=O)C1CCN(C(=O)c2ccc(C(=O)O)cc2F)CC1. The third-order valence-corrected chi connectivity index (χ3v) is 3.63. The maximum absolute atomic E-state index is 13.8. The van der Waals surface area contributed by atoms with Crippen molar-refractivity contribution in [1.82, 2.24) is 4.90 Å². The maximum Gasteiger partial charge on any atom is 0.335 e. The Balaban J connectivity index is 2.11. The van der Waals surface area contributed by atoms with E-state index in [2.05, 4.69) is 0 Å². The van der Waals surface area contributed by atoms with Gasteiger partial charge in [0.1, 0.15) is 5.82 Å². The molecule has 1 heterocycles. The minimum atomic E-state index is -1.25. The first-order chi connectivity index (χ1) is 9.90. The molecule has 0 bridgehead atoms. The summed E-state index contributed by atoms with van der Waals surface area (Å²) >= 11 is 0. The number of nitrogens with two attached hydrogens (primary N) is 1. The van der Waals surface area contributed by atoms with Crippen LogP contribution in [0, 0.1) is 11.7 Å². The Morgan fingerprint density at radius 1 is 1.24 bits per heavy atom. The molecule has 1 aliphatic heterocycles. The van der Waals surface area contributed by atoms with Crippen molar-refractivity contribution in [2.75, 3.05) is 13.1 Å². The summed E-state index contributed by atoms with van der Waals surface area (Å²) in [6, 6.07) is 3.18. The van der Waals surface area contributed by atoms with Crippen molar-refractivity contribution < 1.29 is 23.9 Å². The number of hydrogen-bond donors (Lipinski definition) is 2. The number of carbonyl (C=O) groups excluding carboxylic acids is 2. The van der Waals surface area contributed by atoms with Crippen LogP contribution in [0.3, 0.4) is 0 Å². The number of nitrogens with zero attached hydrogens (tertiary/aromatic N) is 1. The van der Waals surface area contributed by atoms with Crippen molar-refractivity contribution >= 4 is 17.8 Å². The molecule has 1 aliphatic rings. The third-order valence-electron chi connectivity index (χ3n) is 3.63. The molecule has 1 aromatic carbocycles. The molecule has 0 atom stereocenters. The van der Waals surface area contributed by atoms with Crippen LogP contribution >= 0.6 is 0 Å². The van der Waals surface area contributed by atoms with E-state index in [0.717, 1.165) is 6.07 Å². The highest BCUT2D eigenvalue weighted by Crippen LogP contribution is 2.20. The summed E-state index contributed by atoms with van der Waals surface area (Å²) in [4.78, 5) is 35.4. The molecule has 1 fully saturated rings. The Kier molecular flexibility index (Phi) is 4.21. The van der Waals surface area contributed by atoms with Gasteiger partial charge in [-0.1, -0.05) is 0 Å². The average molecular weight is 294 g/mol. The molecule has 0 radical (unpaired) electrons. The van der Waals surface area contributed by atoms with Gasteiger partial charge in [-0.15, -0.1) is 0 Å². The normalized spacial score (nSPS) is 15.8. The van der Waals surface area contributed by atoms with Crippen molar-refractivity contribution in [2.45, 2.75) is 12.8 Å². The number of halogens is 1. The van der Waals surface area contributed by atoms with E-state index >= 15 is 0 Å². The van der Waals surface area contributed by atoms with E-state index < -0.39 is 17.7 Å². The molecule has 3 N–H and O–H groups in total. The molecule has 7 heteroatoms. The first-order valence-electron chi connectivity index (χ1n) is 6.51. The highest BCUT2D eigenvalue weighted by Gasteiger charge is 2.27. The zero-order chi connectivity index (χ0) is 15.6. The van der Waals surface area contributed by atoms with E-state index in [1.165, 1.54) is 17.0 Å². The van der Waals surface area contributed by atoms with Crippen LogP contribution in [0.25, 0.3) is 0 Å². The number of rotatable bonds is 3. The molecule has 0 saturated carbocycles. The summed E-state index contributed by atoms with van der Waals surface area (Å²) in [5, 5.41) is 8.76. The Labute approximate surface area is 120 Å². The second-order valence-corrected chi connectivity index (χ2v) is 4.97. The lowest BCUT2D eigenvalue weighted by Crippen LogP contribution is -2.42. The van der Waals surface area contributed by atoms with E-state index in [9.17, 15) is 18.8 Å². The Morgan fingerprint density at radius 3 is 2.33 bits per heavy atom. The quantitative estimate of drug-likeness (QED) is 0.863. The molecule has 0 aromatic heterocycles. The fraction of sp³-hybridized carbons (Fsp3) is 0.357. The lowest BCUT2D eigenvalue weighted by molar-refractivity contribution is -0.123. The monoisotopic (exact) mass is 294 g/mol. The standard InChI is InChI=1S/C14H15FN2O4/c15-11-7-9(14(20)21)1-2-10(11)13(19)17-5-3-8(4-6-17)12(16)18/h1-2,7-8H,3-6H2,(H2,16,18)(H,20,21). The van der Waals surface area contributed by atoms with E-state index in [1.54, 1.807) is 0 Å². The van der Waals surface area contributed by atoms with Crippen LogP contribution in [0.5, 0.6) is 0 Å². The molecule has 21 heavy (non-hydrogen) atoms. The van der Waals surface area contributed by atoms with Crippen LogP contribution in [0.2, 0.25) is 0 Å². The van der Waals surface area contributed by atoms with Crippen LogP contribution < -0.4 is 5.73 Å². The molecular weight excluding hydrogens is 279 g/mol. The zero-order valence-electron chi connectivity index (χ0n) is 11.2. The summed E-state index contributed by atoms with van der Waals surface area (Å²) in [5.74, 6) is -3.27. The topological polar surface area (TPSA) is 101 Å². The molecular formula is C14H15FN2O4. The van der Waals surface area contributed by atoms with Gasteiger partial charge in [0.2, 0.25) is 5.91 Å². The van der Waals surface area contributed by atoms with Crippen LogP contribution in [0.1, 0.15) is 33.6 Å². The molecule has 1 saturated heterocycles. The fourth-order valence-electron chi connectivity index (χ4n) is 2.36. The van der Waals surface area contributed by atoms with Crippen LogP contribution in [0.15, 0.2) is 18.2 Å². The zero-order valence-corrected chi connectivity index (χ0v) is 11.2. The van der Waals surface area contributed by atoms with Gasteiger partial charge in [-0.2, -0.15) is 0 Å². The Hall–Kier alpha value is -2.44. The van der Waals surface area contributed by atoms with Gasteiger partial charge in [0, 0.05) is 19.0 Å². The minimum absolute atomic E-state index is 0.169. The lowest BCUT2D eigenvalue weighted by Gasteiger charge is -2.30. The predicted octanol–water partition coefficient (Wildman–Crippen LogP) is 0.861. The Morgan fingerprint density at radius 2 is 1.86 bits per heavy atom. The van der Waals surface area contributed by atoms with Gasteiger partial charge in [0.15, 0.2) is 0 Å². The van der Waals surface area contributed by atoms with Gasteiger partial charge < -0.3 is 15.7 Å². The molecule has 0 spiro atoms. The molecule has 112 valence electrons. The number of amides is 2. The second-order valence-electron chi connectivity index (χ2n) is 4.97. The van der Waals surface area contributed by atoms with E-state index in [4.69, 9.17) is 10.8 Å². The number of carbonyl (C=O) groups is 3. The second kappa shape index (κ2) is 5.90. The first-order valence-corrected chi connectivity index (χ1v) is 6.51. The van der Waals surface area contributed by atoms with E-state index in [0.29, 0.717) is 25.9 Å². The Bertz CT molecular complexity index is 595. The summed E-state index contributed by atoms with van der Waals surface area (Å²) < 4.78 is 13.8. The number of likely N-dealkylation sites (tertiary alicyclic amines) is 1. The number of hydrogen-bond acceptors (Lipinski definition) is 3. The number of piperidine rings is 1. The number of carboxylic acids is 1. The molecule has 6 nitrogen and oxygen atoms in total. The average Bonchev–Trinajstić information content (AvgIpc) is 2.46. The number of benzene rings is 1. The molecule has 2 rings (SSSR count). The maximum atomic E-state index is 13.8. The summed E-state index contributed by atoms with van der Waals surface area (Å²) in [7, 11) is 0. The van der Waals surface area contributed by atoms with Gasteiger partial charge in [-0.05, 0) is 31.0 Å². The summed E-state index contributed by atoms with van der Waals surface area (Å²) in [6.07, 6.45) is 0.909. The van der Waals surface area contributed by atoms with Gasteiger partial charge in [0.25, 0.3) is 5.91 Å². The highest BCUT2D eigenvalue weighted by atomic mass is 19.1. The van der Waals surface area contributed by atoms with Crippen molar-refractivity contribution in [1.29, 1.82) is 0 Å². The summed E-state index contributed by atoms with van der Waals surface area (Å²) in [6.45, 7) is 0.652. The highest BCUT2D eigenvalue weighted by molar-refractivity contribution is 5.96. The number of aromatic carboxylic acids is 1. The predicted molar refractivity (Wildman–Crippen MR) is 71.2 cm³/mol.